The molecule has 0 saturated carbocycles. The minimum absolute atomic E-state index is 0.120. The highest BCUT2D eigenvalue weighted by Crippen LogP contribution is 2.09. The first kappa shape index (κ1) is 12.1. The number of pyridine rings is 1. The van der Waals surface area contributed by atoms with E-state index in [4.69, 9.17) is 5.84 Å². The zero-order valence-electron chi connectivity index (χ0n) is 9.92. The van der Waals surface area contributed by atoms with Crippen LogP contribution in [0.5, 0.6) is 0 Å². The lowest BCUT2D eigenvalue weighted by Gasteiger charge is -2.16. The first-order valence-electron chi connectivity index (χ1n) is 5.37. The largest absolute Gasteiger partial charge is 0.347 e. The number of hydrazine groups is 1. The Morgan fingerprint density at radius 2 is 2.33 bits per heavy atom. The maximum atomic E-state index is 12.1. The molecule has 0 aromatic carbocycles. The molecule has 0 unspecified atom stereocenters. The maximum absolute atomic E-state index is 12.1. The van der Waals surface area contributed by atoms with Crippen molar-refractivity contribution in [3.8, 4) is 0 Å². The Morgan fingerprint density at radius 1 is 1.50 bits per heavy atom. The van der Waals surface area contributed by atoms with Crippen molar-refractivity contribution < 1.29 is 4.79 Å². The highest BCUT2D eigenvalue weighted by atomic mass is 16.2. The van der Waals surface area contributed by atoms with Gasteiger partial charge in [-0.15, -0.1) is 0 Å². The van der Waals surface area contributed by atoms with Crippen LogP contribution in [0.4, 0.5) is 5.82 Å². The third-order valence-corrected chi connectivity index (χ3v) is 2.44. The van der Waals surface area contributed by atoms with Crippen LogP contribution < -0.4 is 11.3 Å². The molecule has 0 saturated heterocycles. The summed E-state index contributed by atoms with van der Waals surface area (Å²) >= 11 is 0. The molecule has 7 heteroatoms. The molecular formula is C11H14N6O. The molecule has 94 valence electrons. The number of rotatable bonds is 4. The lowest BCUT2D eigenvalue weighted by molar-refractivity contribution is 0.0782. The lowest BCUT2D eigenvalue weighted by Crippen LogP contribution is -2.27. The van der Waals surface area contributed by atoms with Crippen LogP contribution in [0.1, 0.15) is 16.2 Å². The quantitative estimate of drug-likeness (QED) is 0.534. The third kappa shape index (κ3) is 2.64. The van der Waals surface area contributed by atoms with Gasteiger partial charge in [-0.2, -0.15) is 0 Å². The van der Waals surface area contributed by atoms with E-state index in [1.807, 2.05) is 0 Å². The molecule has 1 amide bonds. The number of anilines is 1. The van der Waals surface area contributed by atoms with E-state index < -0.39 is 0 Å². The smallest absolute Gasteiger partial charge is 0.254 e. The summed E-state index contributed by atoms with van der Waals surface area (Å²) in [4.78, 5) is 24.7. The molecule has 2 aromatic heterocycles. The van der Waals surface area contributed by atoms with Crippen LogP contribution in [0, 0.1) is 0 Å². The second kappa shape index (κ2) is 5.28. The molecule has 18 heavy (non-hydrogen) atoms. The molecule has 7 nitrogen and oxygen atoms in total. The fourth-order valence-electron chi connectivity index (χ4n) is 1.54. The van der Waals surface area contributed by atoms with E-state index in [0.717, 1.165) is 5.82 Å². The first-order chi connectivity index (χ1) is 8.70. The summed E-state index contributed by atoms with van der Waals surface area (Å²) in [5, 5.41) is 0. The maximum Gasteiger partial charge on any atom is 0.254 e. The van der Waals surface area contributed by atoms with E-state index in [9.17, 15) is 4.79 Å². The Balaban J connectivity index is 2.10. The zero-order chi connectivity index (χ0) is 13.0. The molecule has 4 N–H and O–H groups in total. The van der Waals surface area contributed by atoms with Crippen LogP contribution in [-0.4, -0.2) is 32.8 Å². The highest BCUT2D eigenvalue weighted by Gasteiger charge is 2.13. The van der Waals surface area contributed by atoms with E-state index in [0.29, 0.717) is 17.9 Å². The number of nitrogens with two attached hydrogens (primary N) is 1. The van der Waals surface area contributed by atoms with E-state index >= 15 is 0 Å². The van der Waals surface area contributed by atoms with Gasteiger partial charge in [-0.3, -0.25) is 4.79 Å². The molecule has 2 aromatic rings. The molecule has 2 rings (SSSR count). The molecule has 0 aliphatic rings. The highest BCUT2D eigenvalue weighted by molar-refractivity contribution is 5.94. The molecule has 2 heterocycles. The SMILES string of the molecule is CN(Cc1ncc[nH]1)C(=O)c1ccnc(NN)c1. The van der Waals surface area contributed by atoms with Crippen molar-refractivity contribution in [3.05, 3.63) is 42.1 Å². The van der Waals surface area contributed by atoms with E-state index in [2.05, 4.69) is 20.4 Å². The Bertz CT molecular complexity index is 524. The molecule has 0 fully saturated rings. The number of aromatic nitrogens is 3. The number of nitrogens with one attached hydrogen (secondary N) is 2. The van der Waals surface area contributed by atoms with Crippen LogP contribution in [0.15, 0.2) is 30.7 Å². The third-order valence-electron chi connectivity index (χ3n) is 2.44. The van der Waals surface area contributed by atoms with Crippen LogP contribution >= 0.6 is 0 Å². The van der Waals surface area contributed by atoms with Gasteiger partial charge >= 0.3 is 0 Å². The molecule has 0 radical (unpaired) electrons. The number of imidazole rings is 1. The predicted molar refractivity (Wildman–Crippen MR) is 66.4 cm³/mol. The first-order valence-corrected chi connectivity index (χ1v) is 5.37. The van der Waals surface area contributed by atoms with Crippen LogP contribution in [-0.2, 0) is 6.54 Å². The number of carbonyl (C=O) groups excluding carboxylic acids is 1. The summed E-state index contributed by atoms with van der Waals surface area (Å²) in [6.45, 7) is 0.416. The summed E-state index contributed by atoms with van der Waals surface area (Å²) in [6, 6.07) is 3.24. The molecule has 0 aliphatic heterocycles. The van der Waals surface area contributed by atoms with Crippen molar-refractivity contribution in [1.29, 1.82) is 0 Å². The minimum atomic E-state index is -0.120. The number of aromatic amines is 1. The monoisotopic (exact) mass is 246 g/mol. The average molecular weight is 246 g/mol. The summed E-state index contributed by atoms with van der Waals surface area (Å²) in [5.41, 5.74) is 2.93. The van der Waals surface area contributed by atoms with Gasteiger partial charge in [0.25, 0.3) is 5.91 Å². The number of hydrogen-bond acceptors (Lipinski definition) is 5. The van der Waals surface area contributed by atoms with Crippen molar-refractivity contribution in [1.82, 2.24) is 19.9 Å². The Labute approximate surface area is 104 Å². The number of nitrogen functional groups attached to an aromatic ring is 1. The topological polar surface area (TPSA) is 99.9 Å². The van der Waals surface area contributed by atoms with Crippen LogP contribution in [0.25, 0.3) is 0 Å². The van der Waals surface area contributed by atoms with Crippen molar-refractivity contribution in [2.75, 3.05) is 12.5 Å². The molecule has 0 spiro atoms. The summed E-state index contributed by atoms with van der Waals surface area (Å²) in [6.07, 6.45) is 4.90. The molecular weight excluding hydrogens is 232 g/mol. The molecule has 0 aliphatic carbocycles. The van der Waals surface area contributed by atoms with Crippen LogP contribution in [0.3, 0.4) is 0 Å². The van der Waals surface area contributed by atoms with E-state index in [1.54, 1.807) is 36.5 Å². The predicted octanol–water partition coefficient (Wildman–Crippen LogP) is 0.362. The number of amides is 1. The summed E-state index contributed by atoms with van der Waals surface area (Å²) in [7, 11) is 1.71. The van der Waals surface area contributed by atoms with Crippen LogP contribution in [0.2, 0.25) is 0 Å². The van der Waals surface area contributed by atoms with Gasteiger partial charge in [0.2, 0.25) is 0 Å². The van der Waals surface area contributed by atoms with Gasteiger partial charge in [0.15, 0.2) is 0 Å². The number of nitrogens with zero attached hydrogens (tertiary/aromatic N) is 3. The molecule has 0 bridgehead atoms. The Hall–Kier alpha value is -2.41. The normalized spacial score (nSPS) is 10.1. The van der Waals surface area contributed by atoms with Crippen molar-refractivity contribution in [2.24, 2.45) is 5.84 Å². The average Bonchev–Trinajstić information content (AvgIpc) is 2.90. The van der Waals surface area contributed by atoms with Gasteiger partial charge in [0.1, 0.15) is 11.6 Å². The van der Waals surface area contributed by atoms with Crippen molar-refractivity contribution in [2.45, 2.75) is 6.54 Å². The zero-order valence-corrected chi connectivity index (χ0v) is 9.92. The van der Waals surface area contributed by atoms with Gasteiger partial charge in [0, 0.05) is 31.2 Å². The van der Waals surface area contributed by atoms with Gasteiger partial charge in [-0.1, -0.05) is 0 Å². The number of carbonyl (C=O) groups is 1. The van der Waals surface area contributed by atoms with Gasteiger partial charge < -0.3 is 15.3 Å². The fourth-order valence-corrected chi connectivity index (χ4v) is 1.54. The molecule has 0 atom stereocenters. The van der Waals surface area contributed by atoms with Gasteiger partial charge in [-0.05, 0) is 12.1 Å². The van der Waals surface area contributed by atoms with E-state index in [-0.39, 0.29) is 5.91 Å². The lowest BCUT2D eigenvalue weighted by atomic mass is 10.2. The second-order valence-electron chi connectivity index (χ2n) is 3.77. The Morgan fingerprint density at radius 3 is 3.00 bits per heavy atom. The summed E-state index contributed by atoms with van der Waals surface area (Å²) in [5.74, 6) is 6.32. The summed E-state index contributed by atoms with van der Waals surface area (Å²) < 4.78 is 0. The van der Waals surface area contributed by atoms with Gasteiger partial charge in [0.05, 0.1) is 6.54 Å². The second-order valence-corrected chi connectivity index (χ2v) is 3.77. The number of hydrogen-bond donors (Lipinski definition) is 3. The van der Waals surface area contributed by atoms with Gasteiger partial charge in [-0.25, -0.2) is 15.8 Å². The van der Waals surface area contributed by atoms with Crippen molar-refractivity contribution in [3.63, 3.8) is 0 Å². The van der Waals surface area contributed by atoms with Crippen molar-refractivity contribution >= 4 is 11.7 Å². The Kier molecular flexibility index (Phi) is 3.54. The fraction of sp³-hybridized carbons (Fsp3) is 0.182. The number of H-pyrrole nitrogens is 1. The van der Waals surface area contributed by atoms with E-state index in [1.165, 1.54) is 6.20 Å². The minimum Gasteiger partial charge on any atom is -0.347 e. The standard InChI is InChI=1S/C11H14N6O/c1-17(7-10-14-4-5-15-10)11(18)8-2-3-13-9(6-8)16-12/h2-6H,7,12H2,1H3,(H,13,16)(H,14,15).